The third-order valence-electron chi connectivity index (χ3n) is 3.85. The number of carboxylic acids is 1. The molecule has 0 saturated heterocycles. The molecule has 0 aliphatic rings. The van der Waals surface area contributed by atoms with E-state index in [-0.39, 0.29) is 18.2 Å². The molecule has 4 heteroatoms. The summed E-state index contributed by atoms with van der Waals surface area (Å²) in [5.41, 5.74) is 3.05. The lowest BCUT2D eigenvalue weighted by molar-refractivity contribution is 0.0697. The minimum atomic E-state index is -0.931. The van der Waals surface area contributed by atoms with Crippen LogP contribution >= 0.6 is 0 Å². The Morgan fingerprint density at radius 3 is 2.57 bits per heavy atom. The molecule has 108 valence electrons. The Kier molecular flexibility index (Phi) is 3.18. The van der Waals surface area contributed by atoms with E-state index in [2.05, 4.69) is 18.4 Å². The number of aromatic nitrogens is 1. The SMILES string of the molecule is CC(C)n1c2cc(C(=O)O)ccc2c2c(CO)cccc21. The Morgan fingerprint density at radius 1 is 1.19 bits per heavy atom. The van der Waals surface area contributed by atoms with E-state index in [9.17, 15) is 15.0 Å². The number of benzene rings is 2. The maximum Gasteiger partial charge on any atom is 0.335 e. The molecule has 0 radical (unpaired) electrons. The number of carboxylic acid groups (broad SMARTS) is 1. The van der Waals surface area contributed by atoms with Crippen molar-refractivity contribution < 1.29 is 15.0 Å². The molecule has 3 rings (SSSR count). The quantitative estimate of drug-likeness (QED) is 0.772. The molecule has 1 heterocycles. The van der Waals surface area contributed by atoms with E-state index in [0.29, 0.717) is 0 Å². The molecule has 0 saturated carbocycles. The number of hydrogen-bond acceptors (Lipinski definition) is 2. The number of rotatable bonds is 3. The summed E-state index contributed by atoms with van der Waals surface area (Å²) in [7, 11) is 0. The first kappa shape index (κ1) is 13.6. The van der Waals surface area contributed by atoms with Gasteiger partial charge in [-0.3, -0.25) is 0 Å². The minimum Gasteiger partial charge on any atom is -0.478 e. The maximum atomic E-state index is 11.2. The van der Waals surface area contributed by atoms with E-state index < -0.39 is 5.97 Å². The number of aliphatic hydroxyl groups excluding tert-OH is 1. The molecule has 3 aromatic rings. The van der Waals surface area contributed by atoms with E-state index in [4.69, 9.17) is 0 Å². The molecular formula is C17H17NO3. The Bertz CT molecular complexity index is 846. The summed E-state index contributed by atoms with van der Waals surface area (Å²) in [6, 6.07) is 11.2. The van der Waals surface area contributed by atoms with Crippen molar-refractivity contribution in [1.82, 2.24) is 4.57 Å². The fraction of sp³-hybridized carbons (Fsp3) is 0.235. The van der Waals surface area contributed by atoms with E-state index in [1.807, 2.05) is 24.3 Å². The lowest BCUT2D eigenvalue weighted by Crippen LogP contribution is -2.01. The van der Waals surface area contributed by atoms with Crippen LogP contribution < -0.4 is 0 Å². The molecule has 0 amide bonds. The van der Waals surface area contributed by atoms with Crippen molar-refractivity contribution in [3.8, 4) is 0 Å². The first-order valence-corrected chi connectivity index (χ1v) is 6.94. The fourth-order valence-electron chi connectivity index (χ4n) is 2.99. The van der Waals surface area contributed by atoms with E-state index >= 15 is 0 Å². The molecule has 0 aliphatic heterocycles. The minimum absolute atomic E-state index is 0.0325. The molecule has 0 atom stereocenters. The summed E-state index contributed by atoms with van der Waals surface area (Å²) >= 11 is 0. The van der Waals surface area contributed by atoms with Crippen LogP contribution in [-0.2, 0) is 6.61 Å². The average molecular weight is 283 g/mol. The Balaban J connectivity index is 2.52. The molecule has 0 bridgehead atoms. The number of fused-ring (bicyclic) bond motifs is 3. The van der Waals surface area contributed by atoms with Crippen LogP contribution in [0.1, 0.15) is 35.8 Å². The number of hydrogen-bond donors (Lipinski definition) is 2. The predicted molar refractivity (Wildman–Crippen MR) is 82.7 cm³/mol. The van der Waals surface area contributed by atoms with Crippen molar-refractivity contribution in [3.05, 3.63) is 47.5 Å². The monoisotopic (exact) mass is 283 g/mol. The normalized spacial score (nSPS) is 11.6. The van der Waals surface area contributed by atoms with Gasteiger partial charge in [0.25, 0.3) is 0 Å². The largest absolute Gasteiger partial charge is 0.478 e. The van der Waals surface area contributed by atoms with Crippen LogP contribution in [0.4, 0.5) is 0 Å². The molecule has 0 aliphatic carbocycles. The third-order valence-corrected chi connectivity index (χ3v) is 3.85. The lowest BCUT2D eigenvalue weighted by Gasteiger charge is -2.12. The van der Waals surface area contributed by atoms with Gasteiger partial charge in [0.2, 0.25) is 0 Å². The van der Waals surface area contributed by atoms with Gasteiger partial charge >= 0.3 is 5.97 Å². The average Bonchev–Trinajstić information content (AvgIpc) is 2.80. The predicted octanol–water partition coefficient (Wildman–Crippen LogP) is 3.57. The van der Waals surface area contributed by atoms with E-state index in [1.165, 1.54) is 0 Å². The first-order chi connectivity index (χ1) is 10.0. The van der Waals surface area contributed by atoms with Crippen LogP contribution in [0.2, 0.25) is 0 Å². The van der Waals surface area contributed by atoms with Gasteiger partial charge in [-0.1, -0.05) is 18.2 Å². The van der Waals surface area contributed by atoms with Crippen LogP contribution in [0.15, 0.2) is 36.4 Å². The molecule has 0 unspecified atom stereocenters. The summed E-state index contributed by atoms with van der Waals surface area (Å²) < 4.78 is 2.12. The second-order valence-corrected chi connectivity index (χ2v) is 5.47. The van der Waals surface area contributed by atoms with Gasteiger partial charge in [-0.15, -0.1) is 0 Å². The van der Waals surface area contributed by atoms with Crippen molar-refractivity contribution >= 4 is 27.8 Å². The number of aliphatic hydroxyl groups is 1. The molecule has 0 fully saturated rings. The zero-order valence-electron chi connectivity index (χ0n) is 12.0. The molecule has 2 N–H and O–H groups in total. The fourth-order valence-corrected chi connectivity index (χ4v) is 2.99. The molecule has 1 aromatic heterocycles. The Morgan fingerprint density at radius 2 is 1.95 bits per heavy atom. The lowest BCUT2D eigenvalue weighted by atomic mass is 10.1. The van der Waals surface area contributed by atoms with Crippen molar-refractivity contribution in [2.24, 2.45) is 0 Å². The summed E-state index contributed by atoms with van der Waals surface area (Å²) in [6.07, 6.45) is 0. The van der Waals surface area contributed by atoms with Gasteiger partial charge < -0.3 is 14.8 Å². The number of nitrogens with zero attached hydrogens (tertiary/aromatic N) is 1. The van der Waals surface area contributed by atoms with Gasteiger partial charge in [0.15, 0.2) is 0 Å². The summed E-state index contributed by atoms with van der Waals surface area (Å²) in [6.45, 7) is 4.10. The second-order valence-electron chi connectivity index (χ2n) is 5.47. The summed E-state index contributed by atoms with van der Waals surface area (Å²) in [5.74, 6) is -0.931. The highest BCUT2D eigenvalue weighted by Crippen LogP contribution is 2.34. The van der Waals surface area contributed by atoms with E-state index in [0.717, 1.165) is 27.4 Å². The molecule has 21 heavy (non-hydrogen) atoms. The zero-order chi connectivity index (χ0) is 15.1. The topological polar surface area (TPSA) is 62.5 Å². The van der Waals surface area contributed by atoms with Gasteiger partial charge in [0, 0.05) is 22.3 Å². The van der Waals surface area contributed by atoms with Crippen LogP contribution in [0.25, 0.3) is 21.8 Å². The van der Waals surface area contributed by atoms with Crippen LogP contribution in [0.3, 0.4) is 0 Å². The van der Waals surface area contributed by atoms with Gasteiger partial charge in [0.1, 0.15) is 0 Å². The van der Waals surface area contributed by atoms with Gasteiger partial charge in [-0.25, -0.2) is 4.79 Å². The zero-order valence-corrected chi connectivity index (χ0v) is 12.0. The highest BCUT2D eigenvalue weighted by atomic mass is 16.4. The summed E-state index contributed by atoms with van der Waals surface area (Å²) in [4.78, 5) is 11.2. The third kappa shape index (κ3) is 1.99. The number of aromatic carboxylic acids is 1. The van der Waals surface area contributed by atoms with E-state index in [1.54, 1.807) is 12.1 Å². The van der Waals surface area contributed by atoms with Crippen LogP contribution in [0, 0.1) is 0 Å². The van der Waals surface area contributed by atoms with Gasteiger partial charge in [-0.05, 0) is 37.6 Å². The Hall–Kier alpha value is -2.33. The molecule has 4 nitrogen and oxygen atoms in total. The first-order valence-electron chi connectivity index (χ1n) is 6.94. The highest BCUT2D eigenvalue weighted by Gasteiger charge is 2.16. The second kappa shape index (κ2) is 4.90. The van der Waals surface area contributed by atoms with Crippen LogP contribution in [0.5, 0.6) is 0 Å². The summed E-state index contributed by atoms with van der Waals surface area (Å²) in [5, 5.41) is 20.8. The van der Waals surface area contributed by atoms with Crippen molar-refractivity contribution in [3.63, 3.8) is 0 Å². The van der Waals surface area contributed by atoms with Crippen molar-refractivity contribution in [1.29, 1.82) is 0 Å². The molecule has 0 spiro atoms. The Labute approximate surface area is 122 Å². The van der Waals surface area contributed by atoms with Crippen molar-refractivity contribution in [2.75, 3.05) is 0 Å². The van der Waals surface area contributed by atoms with Gasteiger partial charge in [-0.2, -0.15) is 0 Å². The standard InChI is InChI=1S/C17H17NO3/c1-10(2)18-14-5-3-4-12(9-19)16(14)13-7-6-11(17(20)21)8-15(13)18/h3-8,10,19H,9H2,1-2H3,(H,20,21). The maximum absolute atomic E-state index is 11.2. The van der Waals surface area contributed by atoms with Crippen molar-refractivity contribution in [2.45, 2.75) is 26.5 Å². The molecular weight excluding hydrogens is 266 g/mol. The molecule has 2 aromatic carbocycles. The number of carbonyl (C=O) groups is 1. The highest BCUT2D eigenvalue weighted by molar-refractivity contribution is 6.11. The van der Waals surface area contributed by atoms with Crippen LogP contribution in [-0.4, -0.2) is 20.7 Å². The smallest absolute Gasteiger partial charge is 0.335 e. The van der Waals surface area contributed by atoms with Gasteiger partial charge in [0.05, 0.1) is 17.7 Å².